The first kappa shape index (κ1) is 15.9. The molecule has 5 nitrogen and oxygen atoms in total. The Bertz CT molecular complexity index is 1110. The fourth-order valence-electron chi connectivity index (χ4n) is 2.59. The predicted octanol–water partition coefficient (Wildman–Crippen LogP) is 4.12. The van der Waals surface area contributed by atoms with Gasteiger partial charge in [0.05, 0.1) is 15.6 Å². The van der Waals surface area contributed by atoms with E-state index in [4.69, 9.17) is 23.2 Å². The van der Waals surface area contributed by atoms with Crippen LogP contribution in [-0.2, 0) is 6.54 Å². The third-order valence-electron chi connectivity index (χ3n) is 3.85. The second-order valence-corrected chi connectivity index (χ2v) is 6.34. The van der Waals surface area contributed by atoms with E-state index in [1.54, 1.807) is 28.9 Å². The molecule has 2 heterocycles. The summed E-state index contributed by atoms with van der Waals surface area (Å²) in [7, 11) is 0. The number of aromatic nitrogens is 3. The number of hydrogen-bond donors (Lipinski definition) is 1. The molecule has 124 valence electrons. The van der Waals surface area contributed by atoms with Crippen LogP contribution in [0.15, 0.2) is 54.7 Å². The minimum atomic E-state index is -0.265. The van der Waals surface area contributed by atoms with Gasteiger partial charge in [0.1, 0.15) is 5.69 Å². The van der Waals surface area contributed by atoms with E-state index < -0.39 is 0 Å². The summed E-state index contributed by atoms with van der Waals surface area (Å²) >= 11 is 11.9. The molecule has 2 aromatic heterocycles. The van der Waals surface area contributed by atoms with Gasteiger partial charge in [-0.3, -0.25) is 4.79 Å². The van der Waals surface area contributed by atoms with Gasteiger partial charge in [0, 0.05) is 18.1 Å². The summed E-state index contributed by atoms with van der Waals surface area (Å²) in [6, 6.07) is 14.6. The molecular weight excluding hydrogens is 359 g/mol. The zero-order valence-corrected chi connectivity index (χ0v) is 14.4. The molecule has 4 aromatic rings. The summed E-state index contributed by atoms with van der Waals surface area (Å²) in [5, 5.41) is 9.10. The Kier molecular flexibility index (Phi) is 4.03. The maximum atomic E-state index is 12.4. The molecule has 0 bridgehead atoms. The minimum Gasteiger partial charge on any atom is -0.347 e. The molecular formula is C18H12Cl2N4O. The molecule has 0 aliphatic carbocycles. The van der Waals surface area contributed by atoms with E-state index in [1.165, 1.54) is 0 Å². The van der Waals surface area contributed by atoms with Gasteiger partial charge in [0.25, 0.3) is 5.91 Å². The van der Waals surface area contributed by atoms with Gasteiger partial charge in [-0.25, -0.2) is 9.50 Å². The van der Waals surface area contributed by atoms with Crippen molar-refractivity contribution in [3.8, 4) is 0 Å². The smallest absolute Gasteiger partial charge is 0.270 e. The Hall–Kier alpha value is -2.63. The van der Waals surface area contributed by atoms with Gasteiger partial charge < -0.3 is 5.32 Å². The van der Waals surface area contributed by atoms with E-state index in [-0.39, 0.29) is 5.91 Å². The van der Waals surface area contributed by atoms with E-state index >= 15 is 0 Å². The molecule has 7 heteroatoms. The molecule has 1 amide bonds. The van der Waals surface area contributed by atoms with E-state index in [9.17, 15) is 4.79 Å². The van der Waals surface area contributed by atoms with Crippen molar-refractivity contribution in [1.29, 1.82) is 0 Å². The van der Waals surface area contributed by atoms with Crippen LogP contribution < -0.4 is 5.32 Å². The topological polar surface area (TPSA) is 59.3 Å². The van der Waals surface area contributed by atoms with E-state index in [0.717, 1.165) is 16.5 Å². The summed E-state index contributed by atoms with van der Waals surface area (Å²) in [6.45, 7) is 0.336. The number of fused-ring (bicyclic) bond motifs is 3. The van der Waals surface area contributed by atoms with Crippen molar-refractivity contribution in [2.45, 2.75) is 6.54 Å². The number of nitrogens with one attached hydrogen (secondary N) is 1. The first-order valence-corrected chi connectivity index (χ1v) is 8.34. The van der Waals surface area contributed by atoms with Crippen molar-refractivity contribution in [2.24, 2.45) is 0 Å². The molecule has 0 fully saturated rings. The van der Waals surface area contributed by atoms with Crippen LogP contribution in [0.1, 0.15) is 16.1 Å². The Morgan fingerprint density at radius 1 is 1.08 bits per heavy atom. The number of nitrogens with zero attached hydrogens (tertiary/aromatic N) is 3. The van der Waals surface area contributed by atoms with E-state index in [2.05, 4.69) is 15.4 Å². The number of rotatable bonds is 3. The summed E-state index contributed by atoms with van der Waals surface area (Å²) in [6.07, 6.45) is 1.73. The lowest BCUT2D eigenvalue weighted by Gasteiger charge is -2.06. The predicted molar refractivity (Wildman–Crippen MR) is 98.1 cm³/mol. The average molecular weight is 371 g/mol. The van der Waals surface area contributed by atoms with Crippen LogP contribution in [0.3, 0.4) is 0 Å². The molecule has 2 aromatic carbocycles. The number of halogens is 2. The quantitative estimate of drug-likeness (QED) is 0.589. The third kappa shape index (κ3) is 3.04. The minimum absolute atomic E-state index is 0.265. The highest BCUT2D eigenvalue weighted by Crippen LogP contribution is 2.22. The molecule has 25 heavy (non-hydrogen) atoms. The average Bonchev–Trinajstić information content (AvgIpc) is 3.00. The number of hydrogen-bond acceptors (Lipinski definition) is 3. The standard InChI is InChI=1S/C18H12Cl2N4O/c19-13-6-5-11(9-14(13)20)10-21-18(25)16-7-8-24-17(22-16)12-3-1-2-4-15(12)23-24/h1-9H,10H2,(H,21,25). The monoisotopic (exact) mass is 370 g/mol. The molecule has 0 aliphatic heterocycles. The van der Waals surface area contributed by atoms with Crippen LogP contribution in [0.4, 0.5) is 0 Å². The lowest BCUT2D eigenvalue weighted by Crippen LogP contribution is -2.24. The SMILES string of the molecule is O=C(NCc1ccc(Cl)c(Cl)c1)c1ccn2nc3ccccc3c2n1. The maximum absolute atomic E-state index is 12.4. The lowest BCUT2D eigenvalue weighted by atomic mass is 10.2. The molecule has 0 radical (unpaired) electrons. The summed E-state index contributed by atoms with van der Waals surface area (Å²) < 4.78 is 1.67. The highest BCUT2D eigenvalue weighted by Gasteiger charge is 2.11. The summed E-state index contributed by atoms with van der Waals surface area (Å²) in [4.78, 5) is 16.9. The fourth-order valence-corrected chi connectivity index (χ4v) is 2.91. The van der Waals surface area contributed by atoms with Crippen LogP contribution in [0.2, 0.25) is 10.0 Å². The van der Waals surface area contributed by atoms with Gasteiger partial charge >= 0.3 is 0 Å². The van der Waals surface area contributed by atoms with Crippen LogP contribution in [0.5, 0.6) is 0 Å². The van der Waals surface area contributed by atoms with Crippen molar-refractivity contribution in [3.63, 3.8) is 0 Å². The summed E-state index contributed by atoms with van der Waals surface area (Å²) in [5.41, 5.74) is 2.68. The summed E-state index contributed by atoms with van der Waals surface area (Å²) in [5.74, 6) is -0.265. The first-order valence-electron chi connectivity index (χ1n) is 7.58. The van der Waals surface area contributed by atoms with Crippen LogP contribution in [0.25, 0.3) is 16.6 Å². The van der Waals surface area contributed by atoms with Gasteiger partial charge in [-0.1, -0.05) is 41.4 Å². The van der Waals surface area contributed by atoms with E-state index in [0.29, 0.717) is 27.9 Å². The fraction of sp³-hybridized carbons (Fsp3) is 0.0556. The normalized spacial score (nSPS) is 11.1. The Morgan fingerprint density at radius 2 is 1.92 bits per heavy atom. The van der Waals surface area contributed by atoms with Crippen molar-refractivity contribution in [3.05, 3.63) is 76.0 Å². The highest BCUT2D eigenvalue weighted by atomic mass is 35.5. The van der Waals surface area contributed by atoms with E-state index in [1.807, 2.05) is 30.3 Å². The van der Waals surface area contributed by atoms with Crippen molar-refractivity contribution < 1.29 is 4.79 Å². The zero-order chi connectivity index (χ0) is 17.4. The van der Waals surface area contributed by atoms with Crippen LogP contribution in [-0.4, -0.2) is 20.5 Å². The third-order valence-corrected chi connectivity index (χ3v) is 4.59. The molecule has 0 aliphatic rings. The van der Waals surface area contributed by atoms with Crippen LogP contribution in [0, 0.1) is 0 Å². The molecule has 0 saturated heterocycles. The van der Waals surface area contributed by atoms with Gasteiger partial charge in [-0.05, 0) is 35.9 Å². The molecule has 0 atom stereocenters. The van der Waals surface area contributed by atoms with Crippen LogP contribution >= 0.6 is 23.2 Å². The second-order valence-electron chi connectivity index (χ2n) is 5.53. The molecule has 0 saturated carbocycles. The zero-order valence-electron chi connectivity index (χ0n) is 12.9. The second kappa shape index (κ2) is 6.35. The first-order chi connectivity index (χ1) is 12.1. The molecule has 0 unspecified atom stereocenters. The Morgan fingerprint density at radius 3 is 2.76 bits per heavy atom. The number of amides is 1. The number of carbonyl (C=O) groups is 1. The lowest BCUT2D eigenvalue weighted by molar-refractivity contribution is 0.0946. The van der Waals surface area contributed by atoms with Crippen molar-refractivity contribution >= 4 is 45.7 Å². The Balaban J connectivity index is 1.59. The van der Waals surface area contributed by atoms with Crippen molar-refractivity contribution in [2.75, 3.05) is 0 Å². The van der Waals surface area contributed by atoms with Gasteiger partial charge in [0.2, 0.25) is 0 Å². The Labute approximate surface area is 153 Å². The molecule has 4 rings (SSSR count). The molecule has 1 N–H and O–H groups in total. The van der Waals surface area contributed by atoms with Crippen molar-refractivity contribution in [1.82, 2.24) is 19.9 Å². The highest BCUT2D eigenvalue weighted by molar-refractivity contribution is 6.42. The number of benzene rings is 2. The molecule has 0 spiro atoms. The largest absolute Gasteiger partial charge is 0.347 e. The number of carbonyl (C=O) groups excluding carboxylic acids is 1. The van der Waals surface area contributed by atoms with Gasteiger partial charge in [0.15, 0.2) is 5.65 Å². The van der Waals surface area contributed by atoms with Gasteiger partial charge in [-0.2, -0.15) is 5.10 Å². The van der Waals surface area contributed by atoms with Gasteiger partial charge in [-0.15, -0.1) is 0 Å². The maximum Gasteiger partial charge on any atom is 0.270 e.